The summed E-state index contributed by atoms with van der Waals surface area (Å²) in [6.07, 6.45) is 8.58. The van der Waals surface area contributed by atoms with E-state index in [1.54, 1.807) is 0 Å². The molecule has 20 heavy (non-hydrogen) atoms. The van der Waals surface area contributed by atoms with Crippen molar-refractivity contribution >= 4 is 11.8 Å². The number of nitrogens with one attached hydrogen (secondary N) is 1. The lowest BCUT2D eigenvalue weighted by Crippen LogP contribution is -2.20. The number of alkyl halides is 3. The van der Waals surface area contributed by atoms with Crippen molar-refractivity contribution in [2.45, 2.75) is 50.7 Å². The van der Waals surface area contributed by atoms with Gasteiger partial charge in [0, 0.05) is 30.7 Å². The zero-order valence-electron chi connectivity index (χ0n) is 11.7. The van der Waals surface area contributed by atoms with Crippen molar-refractivity contribution in [3.63, 3.8) is 0 Å². The van der Waals surface area contributed by atoms with E-state index in [1.165, 1.54) is 17.5 Å². The van der Waals surface area contributed by atoms with Crippen LogP contribution in [0.25, 0.3) is 0 Å². The Morgan fingerprint density at radius 3 is 2.85 bits per heavy atom. The third-order valence-electron chi connectivity index (χ3n) is 3.63. The number of hydrogen-bond acceptors (Lipinski definition) is 2. The minimum Gasteiger partial charge on any atom is -0.353 e. The van der Waals surface area contributed by atoms with Crippen LogP contribution in [-0.2, 0) is 13.0 Å². The van der Waals surface area contributed by atoms with Crippen LogP contribution in [0.1, 0.15) is 43.4 Å². The molecule has 1 heterocycles. The van der Waals surface area contributed by atoms with Crippen molar-refractivity contribution in [2.24, 2.45) is 0 Å². The molecule has 114 valence electrons. The van der Waals surface area contributed by atoms with Gasteiger partial charge in [0.15, 0.2) is 0 Å². The second-order valence-electron chi connectivity index (χ2n) is 5.13. The highest BCUT2D eigenvalue weighted by molar-refractivity contribution is 8.00. The molecule has 0 saturated carbocycles. The maximum Gasteiger partial charge on any atom is 0.441 e. The number of thioether (sulfide) groups is 1. The van der Waals surface area contributed by atoms with Gasteiger partial charge in [-0.3, -0.25) is 0 Å². The summed E-state index contributed by atoms with van der Waals surface area (Å²) < 4.78 is 38.4. The maximum absolute atomic E-state index is 12.1. The molecule has 1 aliphatic carbocycles. The topological polar surface area (TPSA) is 17.0 Å². The van der Waals surface area contributed by atoms with Gasteiger partial charge in [0.2, 0.25) is 0 Å². The summed E-state index contributed by atoms with van der Waals surface area (Å²) in [4.78, 5) is 0. The molecule has 0 aliphatic heterocycles. The first-order valence-electron chi connectivity index (χ1n) is 7.12. The van der Waals surface area contributed by atoms with Crippen molar-refractivity contribution in [1.29, 1.82) is 0 Å². The number of fused-ring (bicyclic) bond motifs is 1. The molecule has 0 bridgehead atoms. The summed E-state index contributed by atoms with van der Waals surface area (Å²) in [5.41, 5.74) is -1.55. The van der Waals surface area contributed by atoms with E-state index in [2.05, 4.69) is 12.2 Å². The summed E-state index contributed by atoms with van der Waals surface area (Å²) >= 11 is 0.0531. The van der Waals surface area contributed by atoms with Crippen LogP contribution in [0.5, 0.6) is 0 Å². The van der Waals surface area contributed by atoms with Gasteiger partial charge in [-0.05, 0) is 48.7 Å². The van der Waals surface area contributed by atoms with Gasteiger partial charge in [0.25, 0.3) is 0 Å². The van der Waals surface area contributed by atoms with E-state index >= 15 is 0 Å². The molecule has 0 aromatic carbocycles. The number of nitrogens with zero attached hydrogens (tertiary/aromatic N) is 1. The van der Waals surface area contributed by atoms with Crippen molar-refractivity contribution < 1.29 is 13.2 Å². The lowest BCUT2D eigenvalue weighted by Gasteiger charge is -2.15. The minimum atomic E-state index is -4.13. The maximum atomic E-state index is 12.1. The number of halogens is 3. The third kappa shape index (κ3) is 4.45. The predicted molar refractivity (Wildman–Crippen MR) is 76.9 cm³/mol. The lowest BCUT2D eigenvalue weighted by atomic mass is 10.0. The van der Waals surface area contributed by atoms with Crippen LogP contribution in [0.4, 0.5) is 13.2 Å². The predicted octanol–water partition coefficient (Wildman–Crippen LogP) is 4.12. The van der Waals surface area contributed by atoms with Crippen LogP contribution < -0.4 is 5.32 Å². The number of aryl methyl sites for hydroxylation is 2. The van der Waals surface area contributed by atoms with E-state index in [9.17, 15) is 13.2 Å². The third-order valence-corrected chi connectivity index (χ3v) is 4.34. The molecule has 0 amide bonds. The average molecular weight is 306 g/mol. The van der Waals surface area contributed by atoms with Crippen LogP contribution in [0, 0.1) is 0 Å². The van der Waals surface area contributed by atoms with Gasteiger partial charge in [0.1, 0.15) is 0 Å². The summed E-state index contributed by atoms with van der Waals surface area (Å²) in [7, 11) is 0. The molecule has 0 saturated heterocycles. The van der Waals surface area contributed by atoms with Crippen molar-refractivity contribution in [1.82, 2.24) is 9.88 Å². The molecule has 6 heteroatoms. The standard InChI is InChI=1S/C14H21F3N2S/c1-2-18-13-6-4-3-5-11-9-19(10-12(11)13)7-8-20-14(15,16)17/h9-10,13,18H,2-8H2,1H3. The summed E-state index contributed by atoms with van der Waals surface area (Å²) in [5, 5.41) is 3.48. The zero-order valence-corrected chi connectivity index (χ0v) is 12.5. The van der Waals surface area contributed by atoms with Crippen molar-refractivity contribution in [2.75, 3.05) is 12.3 Å². The Morgan fingerprint density at radius 1 is 1.35 bits per heavy atom. The van der Waals surface area contributed by atoms with E-state index in [-0.39, 0.29) is 17.5 Å². The first-order chi connectivity index (χ1) is 9.49. The number of rotatable bonds is 5. The fourth-order valence-electron chi connectivity index (χ4n) is 2.77. The average Bonchev–Trinajstić information content (AvgIpc) is 2.66. The van der Waals surface area contributed by atoms with E-state index in [0.29, 0.717) is 12.6 Å². The zero-order chi connectivity index (χ0) is 14.6. The molecule has 0 fully saturated rings. The molecule has 1 aromatic rings. The summed E-state index contributed by atoms with van der Waals surface area (Å²) in [6, 6.07) is 0.356. The van der Waals surface area contributed by atoms with Crippen LogP contribution in [0.15, 0.2) is 12.4 Å². The Morgan fingerprint density at radius 2 is 2.15 bits per heavy atom. The number of hydrogen-bond donors (Lipinski definition) is 1. The van der Waals surface area contributed by atoms with Crippen molar-refractivity contribution in [3.8, 4) is 0 Å². The molecule has 2 nitrogen and oxygen atoms in total. The van der Waals surface area contributed by atoms with E-state index in [1.807, 2.05) is 17.0 Å². The second-order valence-corrected chi connectivity index (χ2v) is 6.29. The molecule has 1 unspecified atom stereocenters. The Balaban J connectivity index is 2.01. The largest absolute Gasteiger partial charge is 0.441 e. The molecular weight excluding hydrogens is 285 g/mol. The summed E-state index contributed by atoms with van der Waals surface area (Å²) in [6.45, 7) is 3.41. The SMILES string of the molecule is CCNC1CCCCc2cn(CCSC(F)(F)F)cc21. The molecule has 1 N–H and O–H groups in total. The normalized spacial score (nSPS) is 19.7. The Hall–Kier alpha value is -0.620. The first-order valence-corrected chi connectivity index (χ1v) is 8.11. The molecule has 0 spiro atoms. The molecule has 1 aromatic heterocycles. The van der Waals surface area contributed by atoms with E-state index in [0.717, 1.165) is 25.8 Å². The van der Waals surface area contributed by atoms with Gasteiger partial charge in [-0.25, -0.2) is 0 Å². The van der Waals surface area contributed by atoms with E-state index in [4.69, 9.17) is 0 Å². The minimum absolute atomic E-state index is 0.0531. The van der Waals surface area contributed by atoms with Gasteiger partial charge in [-0.1, -0.05) is 13.3 Å². The van der Waals surface area contributed by atoms with Crippen LogP contribution in [0.2, 0.25) is 0 Å². The van der Waals surface area contributed by atoms with Crippen LogP contribution >= 0.6 is 11.8 Å². The Bertz CT molecular complexity index is 429. The molecule has 0 radical (unpaired) electrons. The van der Waals surface area contributed by atoms with Gasteiger partial charge < -0.3 is 9.88 Å². The first kappa shape index (κ1) is 15.8. The molecule has 1 aliphatic rings. The highest BCUT2D eigenvalue weighted by atomic mass is 32.2. The number of aromatic nitrogens is 1. The highest BCUT2D eigenvalue weighted by Gasteiger charge is 2.27. The van der Waals surface area contributed by atoms with Crippen LogP contribution in [0.3, 0.4) is 0 Å². The molecular formula is C14H21F3N2S. The fraction of sp³-hybridized carbons (Fsp3) is 0.714. The monoisotopic (exact) mass is 306 g/mol. The molecule has 2 rings (SSSR count). The Kier molecular flexibility index (Phi) is 5.43. The second kappa shape index (κ2) is 6.89. The quantitative estimate of drug-likeness (QED) is 0.824. The Labute approximate surface area is 122 Å². The van der Waals surface area contributed by atoms with Crippen LogP contribution in [-0.4, -0.2) is 22.4 Å². The smallest absolute Gasteiger partial charge is 0.353 e. The molecule has 1 atom stereocenters. The van der Waals surface area contributed by atoms with Gasteiger partial charge >= 0.3 is 5.51 Å². The summed E-state index contributed by atoms with van der Waals surface area (Å²) in [5.74, 6) is 0.0724. The lowest BCUT2D eigenvalue weighted by molar-refractivity contribution is -0.0328. The van der Waals surface area contributed by atoms with Gasteiger partial charge in [0.05, 0.1) is 0 Å². The van der Waals surface area contributed by atoms with Gasteiger partial charge in [-0.2, -0.15) is 13.2 Å². The van der Waals surface area contributed by atoms with Gasteiger partial charge in [-0.15, -0.1) is 0 Å². The fourth-order valence-corrected chi connectivity index (χ4v) is 3.30. The highest BCUT2D eigenvalue weighted by Crippen LogP contribution is 2.32. The van der Waals surface area contributed by atoms with E-state index < -0.39 is 5.51 Å². The van der Waals surface area contributed by atoms with Crippen molar-refractivity contribution in [3.05, 3.63) is 23.5 Å².